The number of benzene rings is 2. The van der Waals surface area contributed by atoms with Crippen molar-refractivity contribution in [3.8, 4) is 17.2 Å². The lowest BCUT2D eigenvalue weighted by Crippen LogP contribution is -2.36. The third kappa shape index (κ3) is 4.46. The highest BCUT2D eigenvalue weighted by atomic mass is 16.7. The molecule has 0 saturated carbocycles. The van der Waals surface area contributed by atoms with Gasteiger partial charge in [-0.05, 0) is 49.4 Å². The summed E-state index contributed by atoms with van der Waals surface area (Å²) in [5.41, 5.74) is 2.12. The number of carbonyl (C=O) groups is 1. The van der Waals surface area contributed by atoms with Crippen molar-refractivity contribution in [2.75, 3.05) is 27.5 Å². The summed E-state index contributed by atoms with van der Waals surface area (Å²) in [4.78, 5) is 14.3. The Balaban J connectivity index is 1.50. The zero-order chi connectivity index (χ0) is 18.5. The molecule has 1 aliphatic heterocycles. The van der Waals surface area contributed by atoms with Gasteiger partial charge < -0.3 is 19.5 Å². The molecular formula is C20H24N2O4. The lowest BCUT2D eigenvalue weighted by Gasteiger charge is -2.19. The van der Waals surface area contributed by atoms with Crippen LogP contribution in [0.25, 0.3) is 0 Å². The van der Waals surface area contributed by atoms with Gasteiger partial charge in [0.15, 0.2) is 11.5 Å². The minimum atomic E-state index is -0.105. The Bertz CT molecular complexity index is 761. The number of amides is 1. The van der Waals surface area contributed by atoms with Crippen LogP contribution < -0.4 is 19.5 Å². The standard InChI is InChI=1S/C20H24N2O4/c1-14(16-6-9-18-19(10-16)26-13-25-18)21-20(23)12-22(2)11-15-4-7-17(24-3)8-5-15/h4-10,14H,11-13H2,1-3H3,(H,21,23)/t14-/m1/s1. The summed E-state index contributed by atoms with van der Waals surface area (Å²) in [6, 6.07) is 13.5. The normalized spacial score (nSPS) is 13.5. The number of nitrogens with zero attached hydrogens (tertiary/aromatic N) is 1. The van der Waals surface area contributed by atoms with Gasteiger partial charge in [0.2, 0.25) is 12.7 Å². The van der Waals surface area contributed by atoms with Crippen LogP contribution in [0, 0.1) is 0 Å². The predicted molar refractivity (Wildman–Crippen MR) is 98.5 cm³/mol. The van der Waals surface area contributed by atoms with Crippen molar-refractivity contribution < 1.29 is 19.0 Å². The number of hydrogen-bond donors (Lipinski definition) is 1. The van der Waals surface area contributed by atoms with E-state index in [0.29, 0.717) is 13.1 Å². The second-order valence-electron chi connectivity index (χ2n) is 6.42. The maximum absolute atomic E-state index is 12.3. The van der Waals surface area contributed by atoms with Crippen molar-refractivity contribution in [2.45, 2.75) is 19.5 Å². The summed E-state index contributed by atoms with van der Waals surface area (Å²) >= 11 is 0. The fraction of sp³-hybridized carbons (Fsp3) is 0.350. The second-order valence-corrected chi connectivity index (χ2v) is 6.42. The minimum absolute atomic E-state index is 0.0221. The van der Waals surface area contributed by atoms with Gasteiger partial charge in [-0.3, -0.25) is 9.69 Å². The van der Waals surface area contributed by atoms with E-state index in [1.54, 1.807) is 7.11 Å². The van der Waals surface area contributed by atoms with E-state index in [4.69, 9.17) is 14.2 Å². The molecule has 3 rings (SSSR count). The van der Waals surface area contributed by atoms with E-state index in [1.165, 1.54) is 0 Å². The summed E-state index contributed by atoms with van der Waals surface area (Å²) in [5, 5.41) is 3.03. The first-order valence-electron chi connectivity index (χ1n) is 8.55. The van der Waals surface area contributed by atoms with Crippen LogP contribution in [0.5, 0.6) is 17.2 Å². The largest absolute Gasteiger partial charge is 0.497 e. The Kier molecular flexibility index (Phi) is 5.63. The lowest BCUT2D eigenvalue weighted by atomic mass is 10.1. The summed E-state index contributed by atoms with van der Waals surface area (Å²) in [6.07, 6.45) is 0. The number of nitrogens with one attached hydrogen (secondary N) is 1. The molecule has 0 aliphatic carbocycles. The van der Waals surface area contributed by atoms with Crippen molar-refractivity contribution >= 4 is 5.91 Å². The molecule has 0 radical (unpaired) electrons. The van der Waals surface area contributed by atoms with E-state index in [1.807, 2.05) is 61.3 Å². The van der Waals surface area contributed by atoms with E-state index in [-0.39, 0.29) is 18.7 Å². The van der Waals surface area contributed by atoms with Crippen LogP contribution in [0.4, 0.5) is 0 Å². The molecule has 1 N–H and O–H groups in total. The zero-order valence-electron chi connectivity index (χ0n) is 15.3. The maximum atomic E-state index is 12.3. The average Bonchev–Trinajstić information content (AvgIpc) is 3.09. The minimum Gasteiger partial charge on any atom is -0.497 e. The van der Waals surface area contributed by atoms with Gasteiger partial charge in [-0.25, -0.2) is 0 Å². The molecule has 0 saturated heterocycles. The quantitative estimate of drug-likeness (QED) is 0.827. The number of rotatable bonds is 7. The van der Waals surface area contributed by atoms with E-state index in [0.717, 1.165) is 28.4 Å². The molecule has 138 valence electrons. The number of likely N-dealkylation sites (N-methyl/N-ethyl adjacent to an activating group) is 1. The smallest absolute Gasteiger partial charge is 0.234 e. The molecule has 1 heterocycles. The average molecular weight is 356 g/mol. The van der Waals surface area contributed by atoms with Gasteiger partial charge in [0.05, 0.1) is 19.7 Å². The van der Waals surface area contributed by atoms with E-state index >= 15 is 0 Å². The molecule has 0 bridgehead atoms. The Labute approximate surface area is 153 Å². The topological polar surface area (TPSA) is 60.0 Å². The fourth-order valence-electron chi connectivity index (χ4n) is 2.90. The van der Waals surface area contributed by atoms with Crippen LogP contribution in [-0.4, -0.2) is 38.3 Å². The third-order valence-corrected chi connectivity index (χ3v) is 4.30. The first-order chi connectivity index (χ1) is 12.5. The van der Waals surface area contributed by atoms with Crippen molar-refractivity contribution in [1.82, 2.24) is 10.2 Å². The molecule has 0 spiro atoms. The maximum Gasteiger partial charge on any atom is 0.234 e. The van der Waals surface area contributed by atoms with Gasteiger partial charge in [-0.2, -0.15) is 0 Å². The van der Waals surface area contributed by atoms with E-state index in [2.05, 4.69) is 5.32 Å². The molecular weight excluding hydrogens is 332 g/mol. The van der Waals surface area contributed by atoms with Crippen molar-refractivity contribution in [1.29, 1.82) is 0 Å². The Morgan fingerprint density at radius 3 is 2.65 bits per heavy atom. The molecule has 0 fully saturated rings. The number of methoxy groups -OCH3 is 1. The number of carbonyl (C=O) groups excluding carboxylic acids is 1. The highest BCUT2D eigenvalue weighted by Crippen LogP contribution is 2.34. The number of hydrogen-bond acceptors (Lipinski definition) is 5. The van der Waals surface area contributed by atoms with Crippen molar-refractivity contribution in [3.63, 3.8) is 0 Å². The second kappa shape index (κ2) is 8.10. The summed E-state index contributed by atoms with van der Waals surface area (Å²) in [6.45, 7) is 3.21. The molecule has 0 unspecified atom stereocenters. The predicted octanol–water partition coefficient (Wildman–Crippen LogP) is 2.73. The monoisotopic (exact) mass is 356 g/mol. The van der Waals surface area contributed by atoms with Gasteiger partial charge in [-0.15, -0.1) is 0 Å². The lowest BCUT2D eigenvalue weighted by molar-refractivity contribution is -0.122. The molecule has 2 aromatic carbocycles. The molecule has 1 aliphatic rings. The number of fused-ring (bicyclic) bond motifs is 1. The molecule has 6 nitrogen and oxygen atoms in total. The molecule has 26 heavy (non-hydrogen) atoms. The Morgan fingerprint density at radius 2 is 1.92 bits per heavy atom. The van der Waals surface area contributed by atoms with Gasteiger partial charge in [0.25, 0.3) is 0 Å². The Morgan fingerprint density at radius 1 is 1.19 bits per heavy atom. The van der Waals surface area contributed by atoms with Gasteiger partial charge in [0.1, 0.15) is 5.75 Å². The molecule has 6 heteroatoms. The fourth-order valence-corrected chi connectivity index (χ4v) is 2.90. The van der Waals surface area contributed by atoms with Gasteiger partial charge >= 0.3 is 0 Å². The highest BCUT2D eigenvalue weighted by molar-refractivity contribution is 5.78. The summed E-state index contributed by atoms with van der Waals surface area (Å²) in [5.74, 6) is 2.27. The highest BCUT2D eigenvalue weighted by Gasteiger charge is 2.17. The Hall–Kier alpha value is -2.73. The van der Waals surface area contributed by atoms with Crippen LogP contribution in [0.15, 0.2) is 42.5 Å². The molecule has 2 aromatic rings. The summed E-state index contributed by atoms with van der Waals surface area (Å²) < 4.78 is 15.9. The summed E-state index contributed by atoms with van der Waals surface area (Å²) in [7, 11) is 3.57. The molecule has 0 aromatic heterocycles. The van der Waals surface area contributed by atoms with Crippen LogP contribution >= 0.6 is 0 Å². The van der Waals surface area contributed by atoms with Crippen LogP contribution in [0.1, 0.15) is 24.1 Å². The van der Waals surface area contributed by atoms with E-state index < -0.39 is 0 Å². The van der Waals surface area contributed by atoms with Crippen molar-refractivity contribution in [3.05, 3.63) is 53.6 Å². The molecule has 1 atom stereocenters. The third-order valence-electron chi connectivity index (χ3n) is 4.30. The van der Waals surface area contributed by atoms with Crippen LogP contribution in [0.2, 0.25) is 0 Å². The molecule has 1 amide bonds. The SMILES string of the molecule is COc1ccc(CN(C)CC(=O)N[C@H](C)c2ccc3c(c2)OCO3)cc1. The van der Waals surface area contributed by atoms with Gasteiger partial charge in [-0.1, -0.05) is 18.2 Å². The van der Waals surface area contributed by atoms with Crippen LogP contribution in [-0.2, 0) is 11.3 Å². The number of ether oxygens (including phenoxy) is 3. The van der Waals surface area contributed by atoms with Crippen LogP contribution in [0.3, 0.4) is 0 Å². The van der Waals surface area contributed by atoms with E-state index in [9.17, 15) is 4.79 Å². The zero-order valence-corrected chi connectivity index (χ0v) is 15.3. The van der Waals surface area contributed by atoms with Gasteiger partial charge in [0, 0.05) is 6.54 Å². The first-order valence-corrected chi connectivity index (χ1v) is 8.55. The first kappa shape index (κ1) is 18.1. The van der Waals surface area contributed by atoms with Crippen molar-refractivity contribution in [2.24, 2.45) is 0 Å².